The van der Waals surface area contributed by atoms with E-state index in [1.54, 1.807) is 12.2 Å². The Bertz CT molecular complexity index is 1280. The molecule has 3 aromatic heterocycles. The maximum atomic E-state index is 12.3. The molecule has 2 N–H and O–H groups in total. The minimum atomic E-state index is -0.364. The number of fused-ring (bicyclic) bond motifs is 1. The van der Waals surface area contributed by atoms with Gasteiger partial charge >= 0.3 is 0 Å². The highest BCUT2D eigenvalue weighted by Gasteiger charge is 1.99. The molecule has 0 fully saturated rings. The van der Waals surface area contributed by atoms with Gasteiger partial charge in [0.15, 0.2) is 0 Å². The summed E-state index contributed by atoms with van der Waals surface area (Å²) >= 11 is 1.49. The number of para-hydroxylation sites is 1. The molecule has 0 aliphatic heterocycles. The molecular formula is C19H13N3O2S. The van der Waals surface area contributed by atoms with E-state index in [0.29, 0.717) is 5.69 Å². The molecule has 3 heterocycles. The van der Waals surface area contributed by atoms with Crippen molar-refractivity contribution in [2.75, 3.05) is 0 Å². The molecule has 5 nitrogen and oxygen atoms in total. The maximum absolute atomic E-state index is 12.3. The van der Waals surface area contributed by atoms with Gasteiger partial charge in [-0.2, -0.15) is 0 Å². The van der Waals surface area contributed by atoms with Gasteiger partial charge in [0.2, 0.25) is 0 Å². The molecule has 0 unspecified atom stereocenters. The Kier molecular flexibility index (Phi) is 3.87. The van der Waals surface area contributed by atoms with Gasteiger partial charge in [-0.05, 0) is 35.7 Å². The van der Waals surface area contributed by atoms with Crippen molar-refractivity contribution in [1.29, 1.82) is 0 Å². The van der Waals surface area contributed by atoms with Crippen molar-refractivity contribution in [2.24, 2.45) is 0 Å². The fraction of sp³-hybridized carbons (Fsp3) is 0. The Morgan fingerprint density at radius 3 is 2.36 bits per heavy atom. The van der Waals surface area contributed by atoms with Crippen LogP contribution in [-0.4, -0.2) is 15.0 Å². The van der Waals surface area contributed by atoms with E-state index >= 15 is 0 Å². The third-order valence-corrected chi connectivity index (χ3v) is 4.55. The van der Waals surface area contributed by atoms with Gasteiger partial charge in [0.25, 0.3) is 11.1 Å². The number of hydrogen-bond donors (Lipinski definition) is 2. The van der Waals surface area contributed by atoms with Crippen molar-refractivity contribution in [3.63, 3.8) is 0 Å². The van der Waals surface area contributed by atoms with E-state index in [1.165, 1.54) is 11.3 Å². The van der Waals surface area contributed by atoms with E-state index in [-0.39, 0.29) is 21.8 Å². The molecule has 1 aromatic carbocycles. The summed E-state index contributed by atoms with van der Waals surface area (Å²) in [5, 5.41) is 3.33. The highest BCUT2D eigenvalue weighted by atomic mass is 32.1. The number of pyridine rings is 1. The van der Waals surface area contributed by atoms with E-state index in [2.05, 4.69) is 15.0 Å². The summed E-state index contributed by atoms with van der Waals surface area (Å²) in [6.07, 6.45) is 3.23. The lowest BCUT2D eigenvalue weighted by atomic mass is 10.2. The largest absolute Gasteiger partial charge is 0.316 e. The molecule has 122 valence electrons. The maximum Gasteiger partial charge on any atom is 0.272 e. The van der Waals surface area contributed by atoms with Gasteiger partial charge in [-0.15, -0.1) is 11.3 Å². The quantitative estimate of drug-likeness (QED) is 0.574. The average Bonchev–Trinajstić information content (AvgIpc) is 3.12. The third-order valence-electron chi connectivity index (χ3n) is 3.73. The van der Waals surface area contributed by atoms with E-state index in [0.717, 1.165) is 15.8 Å². The highest BCUT2D eigenvalue weighted by Crippen LogP contribution is 2.11. The third kappa shape index (κ3) is 3.20. The summed E-state index contributed by atoms with van der Waals surface area (Å²) in [5.41, 5.74) is 0.727. The molecule has 0 aliphatic rings. The fourth-order valence-corrected chi connectivity index (χ4v) is 3.18. The van der Waals surface area contributed by atoms with Crippen LogP contribution in [0.2, 0.25) is 0 Å². The van der Waals surface area contributed by atoms with Crippen LogP contribution in [0.1, 0.15) is 10.6 Å². The number of H-pyrrole nitrogens is 2. The van der Waals surface area contributed by atoms with Crippen molar-refractivity contribution >= 4 is 34.4 Å². The fourth-order valence-electron chi connectivity index (χ4n) is 2.52. The number of hydrogen-bond acceptors (Lipinski definition) is 4. The second kappa shape index (κ2) is 6.33. The number of aromatic nitrogens is 3. The predicted molar refractivity (Wildman–Crippen MR) is 100 cm³/mol. The van der Waals surface area contributed by atoms with E-state index < -0.39 is 0 Å². The Balaban J connectivity index is 1.85. The van der Waals surface area contributed by atoms with Gasteiger partial charge < -0.3 is 9.97 Å². The number of aromatic amines is 2. The lowest BCUT2D eigenvalue weighted by Crippen LogP contribution is -2.46. The Morgan fingerprint density at radius 2 is 1.60 bits per heavy atom. The molecule has 25 heavy (non-hydrogen) atoms. The number of benzene rings is 1. The first kappa shape index (κ1) is 15.3. The lowest BCUT2D eigenvalue weighted by Gasteiger charge is -1.98. The second-order valence-electron chi connectivity index (χ2n) is 5.47. The molecule has 6 heteroatoms. The molecular weight excluding hydrogens is 334 g/mol. The zero-order chi connectivity index (χ0) is 17.2. The van der Waals surface area contributed by atoms with Crippen LogP contribution in [0.15, 0.2) is 63.5 Å². The lowest BCUT2D eigenvalue weighted by molar-refractivity contribution is 1.00. The molecule has 0 saturated heterocycles. The van der Waals surface area contributed by atoms with Crippen molar-refractivity contribution in [2.45, 2.75) is 0 Å². The van der Waals surface area contributed by atoms with Crippen LogP contribution < -0.4 is 21.8 Å². The van der Waals surface area contributed by atoms with Crippen LogP contribution in [-0.2, 0) is 0 Å². The molecule has 4 aromatic rings. The van der Waals surface area contributed by atoms with Crippen LogP contribution in [0.4, 0.5) is 0 Å². The second-order valence-corrected chi connectivity index (χ2v) is 6.45. The Morgan fingerprint density at radius 1 is 0.840 bits per heavy atom. The molecule has 0 aliphatic carbocycles. The van der Waals surface area contributed by atoms with E-state index in [9.17, 15) is 9.59 Å². The zero-order valence-corrected chi connectivity index (χ0v) is 13.8. The number of thiophene rings is 1. The summed E-state index contributed by atoms with van der Waals surface area (Å²) in [6.45, 7) is 0. The van der Waals surface area contributed by atoms with Crippen LogP contribution in [0.25, 0.3) is 23.1 Å². The predicted octanol–water partition coefficient (Wildman–Crippen LogP) is 1.33. The minimum Gasteiger partial charge on any atom is -0.316 e. The molecule has 4 rings (SSSR count). The van der Waals surface area contributed by atoms with Gasteiger partial charge in [-0.25, -0.2) is 4.98 Å². The van der Waals surface area contributed by atoms with Crippen molar-refractivity contribution in [3.05, 3.63) is 95.9 Å². The molecule has 0 amide bonds. The van der Waals surface area contributed by atoms with Gasteiger partial charge in [-0.3, -0.25) is 9.59 Å². The van der Waals surface area contributed by atoms with Crippen molar-refractivity contribution < 1.29 is 0 Å². The van der Waals surface area contributed by atoms with Gasteiger partial charge in [0, 0.05) is 10.3 Å². The number of rotatable bonds is 2. The first-order valence-corrected chi connectivity index (χ1v) is 8.52. The normalized spacial score (nSPS) is 12.8. The molecule has 0 spiro atoms. The summed E-state index contributed by atoms with van der Waals surface area (Å²) in [6, 6.07) is 15.2. The first-order valence-electron chi connectivity index (χ1n) is 7.64. The van der Waals surface area contributed by atoms with Gasteiger partial charge in [-0.1, -0.05) is 30.3 Å². The van der Waals surface area contributed by atoms with Crippen LogP contribution in [0.3, 0.4) is 0 Å². The van der Waals surface area contributed by atoms with Crippen LogP contribution in [0, 0.1) is 0 Å². The van der Waals surface area contributed by atoms with Gasteiger partial charge in [0.05, 0.1) is 11.2 Å². The molecule has 0 atom stereocenters. The number of nitrogens with zero attached hydrogens (tertiary/aromatic N) is 1. The van der Waals surface area contributed by atoms with E-state index in [1.807, 2.05) is 53.9 Å². The monoisotopic (exact) mass is 347 g/mol. The van der Waals surface area contributed by atoms with Crippen LogP contribution >= 0.6 is 11.3 Å². The summed E-state index contributed by atoms with van der Waals surface area (Å²) in [7, 11) is 0. The average molecular weight is 347 g/mol. The number of nitrogens with one attached hydrogen (secondary N) is 2. The highest BCUT2D eigenvalue weighted by molar-refractivity contribution is 7.10. The van der Waals surface area contributed by atoms with E-state index in [4.69, 9.17) is 0 Å². The standard InChI is InChI=1S/C19H13N3O2S/c23-18-16(10-13-8-7-12-4-1-2-6-15(12)20-13)21-19(24)17(22-18)11-14-5-3-9-25-14/h1-11H,(H,21,24)(H,22,23). The van der Waals surface area contributed by atoms with Crippen molar-refractivity contribution in [1.82, 2.24) is 15.0 Å². The van der Waals surface area contributed by atoms with Crippen molar-refractivity contribution in [3.8, 4) is 0 Å². The summed E-state index contributed by atoms with van der Waals surface area (Å²) < 4.78 is 0. The minimum absolute atomic E-state index is 0.177. The molecule has 0 bridgehead atoms. The smallest absolute Gasteiger partial charge is 0.272 e. The molecule has 0 saturated carbocycles. The summed E-state index contributed by atoms with van der Waals surface area (Å²) in [4.78, 5) is 35.2. The first-order chi connectivity index (χ1) is 12.2. The Hall–Kier alpha value is -3.25. The SMILES string of the molecule is O=c1[nH]c(=Cc2cccs2)c(=O)[nH]c1=Cc1ccc2ccccc2n1. The molecule has 0 radical (unpaired) electrons. The zero-order valence-electron chi connectivity index (χ0n) is 13.0. The summed E-state index contributed by atoms with van der Waals surface area (Å²) in [5.74, 6) is 0. The Labute approximate surface area is 145 Å². The van der Waals surface area contributed by atoms with Crippen LogP contribution in [0.5, 0.6) is 0 Å². The van der Waals surface area contributed by atoms with Gasteiger partial charge in [0.1, 0.15) is 10.7 Å². The topological polar surface area (TPSA) is 78.6 Å².